The fourth-order valence-electron chi connectivity index (χ4n) is 1.63. The number of para-hydroxylation sites is 1. The molecule has 2 aromatic carbocycles. The van der Waals surface area contributed by atoms with Crippen molar-refractivity contribution in [2.45, 2.75) is 6.92 Å². The monoisotopic (exact) mass is 353 g/mol. The van der Waals surface area contributed by atoms with Crippen molar-refractivity contribution in [3.8, 4) is 5.75 Å². The van der Waals surface area contributed by atoms with Gasteiger partial charge in [-0.25, -0.2) is 0 Å². The second-order valence-electron chi connectivity index (χ2n) is 4.18. The highest BCUT2D eigenvalue weighted by Gasteiger charge is 2.08. The van der Waals surface area contributed by atoms with Crippen LogP contribution in [0.15, 0.2) is 46.9 Å². The molecule has 0 aliphatic heterocycles. The Morgan fingerprint density at radius 3 is 2.75 bits per heavy atom. The molecule has 2 rings (SSSR count). The molecule has 1 N–H and O–H groups in total. The Labute approximate surface area is 131 Å². The SMILES string of the molecule is Cc1c(Cl)cccc1NC(=O)COc1ccccc1Br. The van der Waals surface area contributed by atoms with Crippen LogP contribution in [0, 0.1) is 6.92 Å². The minimum Gasteiger partial charge on any atom is -0.483 e. The number of benzene rings is 2. The average Bonchev–Trinajstić information content (AvgIpc) is 2.43. The van der Waals surface area contributed by atoms with Gasteiger partial charge in [0.15, 0.2) is 6.61 Å². The highest BCUT2D eigenvalue weighted by atomic mass is 79.9. The van der Waals surface area contributed by atoms with Gasteiger partial charge in [-0.05, 0) is 52.7 Å². The van der Waals surface area contributed by atoms with E-state index in [2.05, 4.69) is 21.2 Å². The van der Waals surface area contributed by atoms with Crippen molar-refractivity contribution >= 4 is 39.1 Å². The summed E-state index contributed by atoms with van der Waals surface area (Å²) >= 11 is 9.36. The zero-order chi connectivity index (χ0) is 14.5. The largest absolute Gasteiger partial charge is 0.483 e. The van der Waals surface area contributed by atoms with E-state index in [1.807, 2.05) is 25.1 Å². The van der Waals surface area contributed by atoms with Crippen LogP contribution >= 0.6 is 27.5 Å². The number of halogens is 2. The van der Waals surface area contributed by atoms with Crippen molar-refractivity contribution in [3.63, 3.8) is 0 Å². The molecular formula is C15H13BrClNO2. The number of hydrogen-bond acceptors (Lipinski definition) is 2. The molecule has 2 aromatic rings. The maximum absolute atomic E-state index is 11.9. The van der Waals surface area contributed by atoms with E-state index in [1.165, 1.54) is 0 Å². The number of amides is 1. The lowest BCUT2D eigenvalue weighted by molar-refractivity contribution is -0.118. The Balaban J connectivity index is 1.96. The third-order valence-corrected chi connectivity index (χ3v) is 3.80. The molecular weight excluding hydrogens is 342 g/mol. The van der Waals surface area contributed by atoms with E-state index in [4.69, 9.17) is 16.3 Å². The molecule has 0 aliphatic carbocycles. The first-order chi connectivity index (χ1) is 9.58. The minimum absolute atomic E-state index is 0.0609. The number of anilines is 1. The Morgan fingerprint density at radius 1 is 1.25 bits per heavy atom. The van der Waals surface area contributed by atoms with Crippen LogP contribution < -0.4 is 10.1 Å². The van der Waals surface area contributed by atoms with Gasteiger partial charge in [0.2, 0.25) is 0 Å². The zero-order valence-corrected chi connectivity index (χ0v) is 13.2. The van der Waals surface area contributed by atoms with E-state index in [0.29, 0.717) is 16.5 Å². The molecule has 0 unspecified atom stereocenters. The molecule has 0 fully saturated rings. The molecule has 3 nitrogen and oxygen atoms in total. The highest BCUT2D eigenvalue weighted by molar-refractivity contribution is 9.10. The van der Waals surface area contributed by atoms with Crippen molar-refractivity contribution < 1.29 is 9.53 Å². The topological polar surface area (TPSA) is 38.3 Å². The molecule has 0 radical (unpaired) electrons. The van der Waals surface area contributed by atoms with Gasteiger partial charge < -0.3 is 10.1 Å². The molecule has 0 aromatic heterocycles. The predicted molar refractivity (Wildman–Crippen MR) is 84.5 cm³/mol. The van der Waals surface area contributed by atoms with Crippen LogP contribution in [-0.2, 0) is 4.79 Å². The lowest BCUT2D eigenvalue weighted by atomic mass is 10.2. The standard InChI is InChI=1S/C15H13BrClNO2/c1-10-12(17)6-4-7-13(10)18-15(19)9-20-14-8-3-2-5-11(14)16/h2-8H,9H2,1H3,(H,18,19). The van der Waals surface area contributed by atoms with Gasteiger partial charge in [-0.1, -0.05) is 29.8 Å². The Bertz CT molecular complexity index is 631. The van der Waals surface area contributed by atoms with E-state index in [0.717, 1.165) is 10.0 Å². The van der Waals surface area contributed by atoms with Gasteiger partial charge in [0.05, 0.1) is 4.47 Å². The summed E-state index contributed by atoms with van der Waals surface area (Å²) < 4.78 is 6.26. The van der Waals surface area contributed by atoms with Gasteiger partial charge in [-0.3, -0.25) is 4.79 Å². The normalized spacial score (nSPS) is 10.2. The molecule has 0 aliphatic rings. The van der Waals surface area contributed by atoms with Crippen LogP contribution in [0.25, 0.3) is 0 Å². The van der Waals surface area contributed by atoms with Crippen molar-refractivity contribution in [1.82, 2.24) is 0 Å². The minimum atomic E-state index is -0.230. The number of rotatable bonds is 4. The summed E-state index contributed by atoms with van der Waals surface area (Å²) in [4.78, 5) is 11.9. The summed E-state index contributed by atoms with van der Waals surface area (Å²) in [5.74, 6) is 0.400. The van der Waals surface area contributed by atoms with E-state index in [9.17, 15) is 4.79 Å². The lowest BCUT2D eigenvalue weighted by Gasteiger charge is -2.11. The van der Waals surface area contributed by atoms with Crippen LogP contribution in [0.1, 0.15) is 5.56 Å². The summed E-state index contributed by atoms with van der Waals surface area (Å²) in [6.07, 6.45) is 0. The molecule has 0 atom stereocenters. The number of hydrogen-bond donors (Lipinski definition) is 1. The van der Waals surface area contributed by atoms with Crippen LogP contribution in [0.2, 0.25) is 5.02 Å². The molecule has 5 heteroatoms. The Morgan fingerprint density at radius 2 is 2.00 bits per heavy atom. The third kappa shape index (κ3) is 3.74. The maximum atomic E-state index is 11.9. The molecule has 1 amide bonds. The van der Waals surface area contributed by atoms with Gasteiger partial charge in [0.25, 0.3) is 5.91 Å². The van der Waals surface area contributed by atoms with Crippen molar-refractivity contribution in [1.29, 1.82) is 0 Å². The fraction of sp³-hybridized carbons (Fsp3) is 0.133. The first-order valence-electron chi connectivity index (χ1n) is 6.00. The summed E-state index contributed by atoms with van der Waals surface area (Å²) in [5.41, 5.74) is 1.53. The van der Waals surface area contributed by atoms with E-state index in [1.54, 1.807) is 24.3 Å². The third-order valence-electron chi connectivity index (χ3n) is 2.74. The Kier molecular flexibility index (Phi) is 5.04. The second-order valence-corrected chi connectivity index (χ2v) is 5.44. The summed E-state index contributed by atoms with van der Waals surface area (Å²) in [6.45, 7) is 1.79. The Hall–Kier alpha value is -1.52. The van der Waals surface area contributed by atoms with Crippen LogP contribution in [0.3, 0.4) is 0 Å². The number of nitrogens with one attached hydrogen (secondary N) is 1. The van der Waals surface area contributed by atoms with Crippen molar-refractivity contribution in [3.05, 3.63) is 57.5 Å². The first kappa shape index (κ1) is 14.9. The lowest BCUT2D eigenvalue weighted by Crippen LogP contribution is -2.20. The predicted octanol–water partition coefficient (Wildman–Crippen LogP) is 4.43. The number of carbonyl (C=O) groups is 1. The second kappa shape index (κ2) is 6.77. The van der Waals surface area contributed by atoms with Crippen molar-refractivity contribution in [2.24, 2.45) is 0 Å². The summed E-state index contributed by atoms with van der Waals surface area (Å²) in [6, 6.07) is 12.8. The summed E-state index contributed by atoms with van der Waals surface area (Å²) in [7, 11) is 0. The number of ether oxygens (including phenoxy) is 1. The van der Waals surface area contributed by atoms with Crippen LogP contribution in [0.5, 0.6) is 5.75 Å². The van der Waals surface area contributed by atoms with Gasteiger partial charge in [0.1, 0.15) is 5.75 Å². The fourth-order valence-corrected chi connectivity index (χ4v) is 2.21. The maximum Gasteiger partial charge on any atom is 0.262 e. The van der Waals surface area contributed by atoms with Crippen LogP contribution in [0.4, 0.5) is 5.69 Å². The van der Waals surface area contributed by atoms with Crippen molar-refractivity contribution in [2.75, 3.05) is 11.9 Å². The molecule has 104 valence electrons. The molecule has 0 spiro atoms. The quantitative estimate of drug-likeness (QED) is 0.882. The van der Waals surface area contributed by atoms with Gasteiger partial charge in [-0.15, -0.1) is 0 Å². The van der Waals surface area contributed by atoms with E-state index < -0.39 is 0 Å². The molecule has 0 saturated carbocycles. The first-order valence-corrected chi connectivity index (χ1v) is 7.17. The summed E-state index contributed by atoms with van der Waals surface area (Å²) in [5, 5.41) is 3.40. The van der Waals surface area contributed by atoms with E-state index in [-0.39, 0.29) is 12.5 Å². The zero-order valence-electron chi connectivity index (χ0n) is 10.8. The molecule has 20 heavy (non-hydrogen) atoms. The number of carbonyl (C=O) groups excluding carboxylic acids is 1. The molecule has 0 bridgehead atoms. The van der Waals surface area contributed by atoms with Gasteiger partial charge >= 0.3 is 0 Å². The average molecular weight is 355 g/mol. The van der Waals surface area contributed by atoms with Gasteiger partial charge in [-0.2, -0.15) is 0 Å². The van der Waals surface area contributed by atoms with Crippen LogP contribution in [-0.4, -0.2) is 12.5 Å². The molecule has 0 heterocycles. The molecule has 0 saturated heterocycles. The van der Waals surface area contributed by atoms with E-state index >= 15 is 0 Å². The smallest absolute Gasteiger partial charge is 0.262 e. The highest BCUT2D eigenvalue weighted by Crippen LogP contribution is 2.24. The van der Waals surface area contributed by atoms with Gasteiger partial charge in [0, 0.05) is 10.7 Å².